The van der Waals surface area contributed by atoms with Gasteiger partial charge >= 0.3 is 0 Å². The Labute approximate surface area is 186 Å². The Morgan fingerprint density at radius 1 is 1.18 bits per heavy atom. The van der Waals surface area contributed by atoms with Crippen LogP contribution in [0.1, 0.15) is 50.9 Å². The van der Waals surface area contributed by atoms with E-state index in [1.807, 2.05) is 25.5 Å². The maximum Gasteiger partial charge on any atom is 0.191 e. The van der Waals surface area contributed by atoms with Crippen molar-refractivity contribution >= 4 is 29.9 Å². The van der Waals surface area contributed by atoms with Crippen LogP contribution < -0.4 is 10.6 Å². The fourth-order valence-corrected chi connectivity index (χ4v) is 3.91. The number of hydrogen-bond donors (Lipinski definition) is 2. The normalized spacial score (nSPS) is 19.9. The van der Waals surface area contributed by atoms with E-state index in [9.17, 15) is 0 Å². The van der Waals surface area contributed by atoms with Gasteiger partial charge in [0.25, 0.3) is 0 Å². The van der Waals surface area contributed by atoms with Gasteiger partial charge in [-0.3, -0.25) is 4.99 Å². The molecule has 1 fully saturated rings. The molecule has 1 aromatic carbocycles. The van der Waals surface area contributed by atoms with Crippen LogP contribution in [-0.2, 0) is 13.1 Å². The zero-order chi connectivity index (χ0) is 19.1. The van der Waals surface area contributed by atoms with E-state index in [1.165, 1.54) is 31.2 Å². The molecule has 0 bridgehead atoms. The zero-order valence-electron chi connectivity index (χ0n) is 17.3. The number of nitrogens with zero attached hydrogens (tertiary/aromatic N) is 3. The van der Waals surface area contributed by atoms with Gasteiger partial charge in [-0.05, 0) is 43.1 Å². The monoisotopic (exact) mass is 495 g/mol. The average Bonchev–Trinajstić information content (AvgIpc) is 3.13. The third-order valence-corrected chi connectivity index (χ3v) is 5.69. The maximum absolute atomic E-state index is 4.51. The molecule has 0 unspecified atom stereocenters. The first kappa shape index (κ1) is 22.7. The average molecular weight is 495 g/mol. The Balaban J connectivity index is 0.00000280. The first-order valence-corrected chi connectivity index (χ1v) is 10.2. The SMILES string of the molecule is CN=C(NCc1nccn1Cc1ccccc1)NC1CCC(C(C)C)CC1.I. The molecule has 0 spiro atoms. The maximum atomic E-state index is 4.51. The first-order chi connectivity index (χ1) is 13.2. The van der Waals surface area contributed by atoms with Crippen LogP contribution in [0, 0.1) is 11.8 Å². The number of nitrogens with one attached hydrogen (secondary N) is 2. The Morgan fingerprint density at radius 3 is 2.54 bits per heavy atom. The van der Waals surface area contributed by atoms with Crippen molar-refractivity contribution in [2.45, 2.75) is 58.7 Å². The van der Waals surface area contributed by atoms with Gasteiger partial charge in [0.05, 0.1) is 6.54 Å². The van der Waals surface area contributed by atoms with Crippen molar-refractivity contribution in [1.82, 2.24) is 20.2 Å². The van der Waals surface area contributed by atoms with Crippen molar-refractivity contribution in [3.8, 4) is 0 Å². The highest BCUT2D eigenvalue weighted by molar-refractivity contribution is 14.0. The van der Waals surface area contributed by atoms with Crippen molar-refractivity contribution in [1.29, 1.82) is 0 Å². The van der Waals surface area contributed by atoms with Gasteiger partial charge in [-0.15, -0.1) is 24.0 Å². The van der Waals surface area contributed by atoms with Gasteiger partial charge in [-0.1, -0.05) is 44.2 Å². The standard InChI is InChI=1S/C22H33N5.HI/c1-17(2)19-9-11-20(12-10-19)26-22(23-3)25-15-21-24-13-14-27(21)16-18-7-5-4-6-8-18;/h4-8,13-14,17,19-20H,9-12,15-16H2,1-3H3,(H2,23,25,26);1H. The quantitative estimate of drug-likeness (QED) is 0.354. The number of imidazole rings is 1. The number of benzene rings is 1. The van der Waals surface area contributed by atoms with Crippen LogP contribution in [-0.4, -0.2) is 28.6 Å². The topological polar surface area (TPSA) is 54.2 Å². The summed E-state index contributed by atoms with van der Waals surface area (Å²) in [5, 5.41) is 7.03. The van der Waals surface area contributed by atoms with E-state index in [4.69, 9.17) is 0 Å². The molecule has 1 saturated carbocycles. The summed E-state index contributed by atoms with van der Waals surface area (Å²) in [6, 6.07) is 11.0. The highest BCUT2D eigenvalue weighted by Crippen LogP contribution is 2.29. The summed E-state index contributed by atoms with van der Waals surface area (Å²) in [7, 11) is 1.84. The van der Waals surface area contributed by atoms with Crippen LogP contribution in [0.4, 0.5) is 0 Å². The summed E-state index contributed by atoms with van der Waals surface area (Å²) in [5.74, 6) is 3.57. The third kappa shape index (κ3) is 6.50. The molecule has 0 aliphatic heterocycles. The fourth-order valence-electron chi connectivity index (χ4n) is 3.91. The molecule has 3 rings (SSSR count). The van der Waals surface area contributed by atoms with Crippen LogP contribution >= 0.6 is 24.0 Å². The van der Waals surface area contributed by atoms with Gasteiger partial charge in [0, 0.05) is 32.0 Å². The Hall–Kier alpha value is -1.57. The van der Waals surface area contributed by atoms with Gasteiger partial charge < -0.3 is 15.2 Å². The van der Waals surface area contributed by atoms with Gasteiger partial charge in [0.1, 0.15) is 5.82 Å². The summed E-state index contributed by atoms with van der Waals surface area (Å²) in [4.78, 5) is 8.92. The lowest BCUT2D eigenvalue weighted by Crippen LogP contribution is -2.45. The summed E-state index contributed by atoms with van der Waals surface area (Å²) in [6.07, 6.45) is 8.98. The lowest BCUT2D eigenvalue weighted by Gasteiger charge is -2.32. The molecule has 1 aliphatic carbocycles. The number of halogens is 1. The molecule has 2 N–H and O–H groups in total. The van der Waals surface area contributed by atoms with Crippen molar-refractivity contribution in [2.24, 2.45) is 16.8 Å². The number of rotatable bonds is 6. The van der Waals surface area contributed by atoms with E-state index in [-0.39, 0.29) is 24.0 Å². The van der Waals surface area contributed by atoms with E-state index < -0.39 is 0 Å². The number of guanidine groups is 1. The van der Waals surface area contributed by atoms with Crippen molar-refractivity contribution in [3.63, 3.8) is 0 Å². The van der Waals surface area contributed by atoms with Gasteiger partial charge in [0.15, 0.2) is 5.96 Å². The van der Waals surface area contributed by atoms with Crippen LogP contribution in [0.2, 0.25) is 0 Å². The lowest BCUT2D eigenvalue weighted by atomic mass is 9.80. The van der Waals surface area contributed by atoms with Crippen molar-refractivity contribution in [2.75, 3.05) is 7.05 Å². The molecule has 5 nitrogen and oxygen atoms in total. The minimum absolute atomic E-state index is 0. The smallest absolute Gasteiger partial charge is 0.191 e. The molecule has 0 atom stereocenters. The molecule has 1 heterocycles. The molecular formula is C22H34IN5. The molecule has 1 aromatic heterocycles. The Bertz CT molecular complexity index is 718. The predicted octanol–water partition coefficient (Wildman–Crippen LogP) is 4.43. The Kier molecular flexibility index (Phi) is 9.28. The summed E-state index contributed by atoms with van der Waals surface area (Å²) in [6.45, 7) is 6.19. The first-order valence-electron chi connectivity index (χ1n) is 10.2. The van der Waals surface area contributed by atoms with Crippen LogP contribution in [0.5, 0.6) is 0 Å². The predicted molar refractivity (Wildman–Crippen MR) is 127 cm³/mol. The largest absolute Gasteiger partial charge is 0.354 e. The molecule has 154 valence electrons. The van der Waals surface area contributed by atoms with Gasteiger partial charge in [-0.25, -0.2) is 4.98 Å². The van der Waals surface area contributed by atoms with Crippen LogP contribution in [0.25, 0.3) is 0 Å². The highest BCUT2D eigenvalue weighted by atomic mass is 127. The molecule has 6 heteroatoms. The van der Waals surface area contributed by atoms with Crippen molar-refractivity contribution < 1.29 is 0 Å². The summed E-state index contributed by atoms with van der Waals surface area (Å²) in [5.41, 5.74) is 1.28. The summed E-state index contributed by atoms with van der Waals surface area (Å²) < 4.78 is 2.18. The van der Waals surface area contributed by atoms with Gasteiger partial charge in [-0.2, -0.15) is 0 Å². The van der Waals surface area contributed by atoms with E-state index in [0.29, 0.717) is 12.6 Å². The second kappa shape index (κ2) is 11.4. The molecule has 2 aromatic rings. The van der Waals surface area contributed by atoms with Crippen LogP contribution in [0.3, 0.4) is 0 Å². The molecule has 28 heavy (non-hydrogen) atoms. The number of hydrogen-bond acceptors (Lipinski definition) is 2. The lowest BCUT2D eigenvalue weighted by molar-refractivity contribution is 0.250. The minimum atomic E-state index is 0. The fraction of sp³-hybridized carbons (Fsp3) is 0.545. The Morgan fingerprint density at radius 2 is 1.89 bits per heavy atom. The molecule has 0 amide bonds. The molecule has 1 aliphatic rings. The van der Waals surface area contributed by atoms with Crippen LogP contribution in [0.15, 0.2) is 47.7 Å². The third-order valence-electron chi connectivity index (χ3n) is 5.69. The number of aromatic nitrogens is 2. The van der Waals surface area contributed by atoms with E-state index >= 15 is 0 Å². The van der Waals surface area contributed by atoms with Gasteiger partial charge in [0.2, 0.25) is 0 Å². The second-order valence-electron chi connectivity index (χ2n) is 7.88. The molecule has 0 radical (unpaired) electrons. The van der Waals surface area contributed by atoms with E-state index in [2.05, 4.69) is 63.3 Å². The number of aliphatic imine (C=N–C) groups is 1. The van der Waals surface area contributed by atoms with E-state index in [0.717, 1.165) is 30.2 Å². The second-order valence-corrected chi connectivity index (χ2v) is 7.88. The molecular weight excluding hydrogens is 461 g/mol. The van der Waals surface area contributed by atoms with E-state index in [1.54, 1.807) is 0 Å². The molecule has 0 saturated heterocycles. The van der Waals surface area contributed by atoms with Crippen molar-refractivity contribution in [3.05, 3.63) is 54.1 Å². The zero-order valence-corrected chi connectivity index (χ0v) is 19.6. The summed E-state index contributed by atoms with van der Waals surface area (Å²) >= 11 is 0. The minimum Gasteiger partial charge on any atom is -0.354 e. The highest BCUT2D eigenvalue weighted by Gasteiger charge is 2.23.